The van der Waals surface area contributed by atoms with Crippen LogP contribution in [0.15, 0.2) is 107 Å². The fraction of sp³-hybridized carbons (Fsp3) is 0.143. The van der Waals surface area contributed by atoms with Crippen LogP contribution in [0, 0.1) is 0 Å². The van der Waals surface area contributed by atoms with E-state index in [-0.39, 0.29) is 0 Å². The third-order valence-corrected chi connectivity index (χ3v) is 8.01. The minimum absolute atomic E-state index is 0.979. The van der Waals surface area contributed by atoms with Gasteiger partial charge in [-0.15, -0.1) is 0 Å². The molecule has 0 amide bonds. The molecule has 0 spiro atoms. The highest BCUT2D eigenvalue weighted by Gasteiger charge is 2.19. The van der Waals surface area contributed by atoms with Gasteiger partial charge in [-0.2, -0.15) is 0 Å². The van der Waals surface area contributed by atoms with Crippen molar-refractivity contribution in [2.24, 2.45) is 17.0 Å². The molecule has 0 atom stereocenters. The van der Waals surface area contributed by atoms with Crippen LogP contribution in [0.3, 0.4) is 0 Å². The Morgan fingerprint density at radius 3 is 1.42 bits per heavy atom. The number of benzene rings is 4. The molecule has 2 aliphatic carbocycles. The standard InChI is InChI=1S/C35H29N3/c1-22(36-28-12-14-32-26(20-28)18-24-8-4-6-10-30(24)32)34-16-17-35(38(34)3)23(2)37-29-13-15-33-27(21-29)19-25-9-5-7-11-31(25)33/h4-17,20-21H,18-19H2,1-3H3. The maximum absolute atomic E-state index is 5.00. The first-order chi connectivity index (χ1) is 18.5. The Morgan fingerprint density at radius 1 is 0.526 bits per heavy atom. The van der Waals surface area contributed by atoms with Crippen molar-refractivity contribution in [2.75, 3.05) is 0 Å². The summed E-state index contributed by atoms with van der Waals surface area (Å²) in [7, 11) is 2.10. The van der Waals surface area contributed by atoms with E-state index in [9.17, 15) is 0 Å². The highest BCUT2D eigenvalue weighted by atomic mass is 15.0. The van der Waals surface area contributed by atoms with Gasteiger partial charge in [0, 0.05) is 7.05 Å². The second kappa shape index (κ2) is 8.81. The molecule has 0 radical (unpaired) electrons. The summed E-state index contributed by atoms with van der Waals surface area (Å²) in [6.07, 6.45) is 1.96. The van der Waals surface area contributed by atoms with Crippen molar-refractivity contribution in [3.63, 3.8) is 0 Å². The van der Waals surface area contributed by atoms with Crippen molar-refractivity contribution in [3.05, 3.63) is 131 Å². The Labute approximate surface area is 223 Å². The maximum atomic E-state index is 5.00. The Kier molecular flexibility index (Phi) is 5.26. The van der Waals surface area contributed by atoms with E-state index in [1.54, 1.807) is 0 Å². The van der Waals surface area contributed by atoms with E-state index in [0.29, 0.717) is 0 Å². The predicted molar refractivity (Wildman–Crippen MR) is 159 cm³/mol. The van der Waals surface area contributed by atoms with E-state index in [1.807, 2.05) is 0 Å². The zero-order chi connectivity index (χ0) is 25.8. The van der Waals surface area contributed by atoms with E-state index < -0.39 is 0 Å². The van der Waals surface area contributed by atoms with Gasteiger partial charge in [0.1, 0.15) is 0 Å². The van der Waals surface area contributed by atoms with E-state index >= 15 is 0 Å². The van der Waals surface area contributed by atoms with E-state index in [4.69, 9.17) is 9.98 Å². The molecule has 184 valence electrons. The van der Waals surface area contributed by atoms with Gasteiger partial charge in [-0.05, 0) is 108 Å². The first-order valence-electron chi connectivity index (χ1n) is 13.2. The van der Waals surface area contributed by atoms with E-state index in [0.717, 1.165) is 47.0 Å². The summed E-state index contributed by atoms with van der Waals surface area (Å²) in [6.45, 7) is 4.18. The van der Waals surface area contributed by atoms with Crippen LogP contribution in [-0.4, -0.2) is 16.0 Å². The minimum atomic E-state index is 0.979. The summed E-state index contributed by atoms with van der Waals surface area (Å²) in [5.74, 6) is 0. The summed E-state index contributed by atoms with van der Waals surface area (Å²) in [6, 6.07) is 34.8. The Hall–Kier alpha value is -4.50. The molecule has 0 saturated carbocycles. The Morgan fingerprint density at radius 2 is 0.947 bits per heavy atom. The highest BCUT2D eigenvalue weighted by molar-refractivity contribution is 6.04. The van der Waals surface area contributed by atoms with Crippen molar-refractivity contribution < 1.29 is 0 Å². The molecular formula is C35H29N3. The first kappa shape index (κ1) is 22.7. The van der Waals surface area contributed by atoms with Gasteiger partial charge in [-0.1, -0.05) is 60.7 Å². The van der Waals surface area contributed by atoms with Crippen LogP contribution >= 0.6 is 0 Å². The number of nitrogens with zero attached hydrogens (tertiary/aromatic N) is 3. The molecule has 38 heavy (non-hydrogen) atoms. The third kappa shape index (κ3) is 3.74. The van der Waals surface area contributed by atoms with Crippen LogP contribution in [0.25, 0.3) is 22.3 Å². The van der Waals surface area contributed by atoms with Crippen LogP contribution < -0.4 is 0 Å². The third-order valence-electron chi connectivity index (χ3n) is 8.01. The number of hydrogen-bond acceptors (Lipinski definition) is 2. The number of aliphatic imine (C=N–C) groups is 2. The normalized spacial score (nSPS) is 13.8. The fourth-order valence-corrected chi connectivity index (χ4v) is 6.14. The highest BCUT2D eigenvalue weighted by Crippen LogP contribution is 2.39. The van der Waals surface area contributed by atoms with Crippen LogP contribution in [0.1, 0.15) is 47.5 Å². The summed E-state index contributed by atoms with van der Waals surface area (Å²) in [5.41, 5.74) is 17.1. The number of rotatable bonds is 4. The molecule has 2 aliphatic rings. The molecule has 1 aromatic heterocycles. The summed E-state index contributed by atoms with van der Waals surface area (Å²) >= 11 is 0. The second-order valence-electron chi connectivity index (χ2n) is 10.4. The predicted octanol–water partition coefficient (Wildman–Crippen LogP) is 8.45. The lowest BCUT2D eigenvalue weighted by atomic mass is 10.1. The van der Waals surface area contributed by atoms with Crippen molar-refractivity contribution >= 4 is 22.8 Å². The van der Waals surface area contributed by atoms with Gasteiger partial charge < -0.3 is 4.57 Å². The van der Waals surface area contributed by atoms with Crippen LogP contribution in [0.2, 0.25) is 0 Å². The summed E-state index contributed by atoms with van der Waals surface area (Å²) in [4.78, 5) is 10.0. The molecule has 1 heterocycles. The molecule has 0 fully saturated rings. The molecule has 5 aromatic rings. The summed E-state index contributed by atoms with van der Waals surface area (Å²) < 4.78 is 2.20. The quantitative estimate of drug-likeness (QED) is 0.221. The van der Waals surface area contributed by atoms with Gasteiger partial charge in [0.05, 0.1) is 34.2 Å². The molecule has 3 heteroatoms. The SMILES string of the molecule is CC(=Nc1ccc2c(c1)Cc1ccccc1-2)c1ccc(C(C)=Nc2ccc3c(c2)Cc2ccccc2-3)n1C. The molecule has 0 aliphatic heterocycles. The molecule has 0 unspecified atom stereocenters. The molecule has 7 rings (SSSR count). The van der Waals surface area contributed by atoms with Crippen molar-refractivity contribution in [2.45, 2.75) is 26.7 Å². The van der Waals surface area contributed by atoms with Crippen molar-refractivity contribution in [3.8, 4) is 22.3 Å². The van der Waals surface area contributed by atoms with E-state index in [2.05, 4.69) is 123 Å². The smallest absolute Gasteiger partial charge is 0.0637 e. The number of aromatic nitrogens is 1. The van der Waals surface area contributed by atoms with Gasteiger partial charge in [-0.3, -0.25) is 9.98 Å². The monoisotopic (exact) mass is 491 g/mol. The number of hydrogen-bond donors (Lipinski definition) is 0. The zero-order valence-corrected chi connectivity index (χ0v) is 22.0. The van der Waals surface area contributed by atoms with Gasteiger partial charge >= 0.3 is 0 Å². The van der Waals surface area contributed by atoms with E-state index in [1.165, 1.54) is 44.5 Å². The molecule has 0 bridgehead atoms. The molecule has 3 nitrogen and oxygen atoms in total. The Bertz CT molecular complexity index is 1670. The van der Waals surface area contributed by atoms with Gasteiger partial charge in [0.15, 0.2) is 0 Å². The first-order valence-corrected chi connectivity index (χ1v) is 13.2. The summed E-state index contributed by atoms with van der Waals surface area (Å²) in [5, 5.41) is 0. The van der Waals surface area contributed by atoms with Crippen LogP contribution in [0.4, 0.5) is 11.4 Å². The van der Waals surface area contributed by atoms with Gasteiger partial charge in [-0.25, -0.2) is 0 Å². The largest absolute Gasteiger partial charge is 0.342 e. The second-order valence-corrected chi connectivity index (χ2v) is 10.4. The van der Waals surface area contributed by atoms with Crippen molar-refractivity contribution in [1.82, 2.24) is 4.57 Å². The van der Waals surface area contributed by atoms with Crippen LogP contribution in [0.5, 0.6) is 0 Å². The van der Waals surface area contributed by atoms with Crippen molar-refractivity contribution in [1.29, 1.82) is 0 Å². The van der Waals surface area contributed by atoms with Crippen LogP contribution in [-0.2, 0) is 19.9 Å². The average molecular weight is 492 g/mol. The van der Waals surface area contributed by atoms with Gasteiger partial charge in [0.2, 0.25) is 0 Å². The van der Waals surface area contributed by atoms with Gasteiger partial charge in [0.25, 0.3) is 0 Å². The number of fused-ring (bicyclic) bond motifs is 6. The molecule has 4 aromatic carbocycles. The average Bonchev–Trinajstić information content (AvgIpc) is 3.60. The topological polar surface area (TPSA) is 29.6 Å². The lowest BCUT2D eigenvalue weighted by Gasteiger charge is -2.09. The zero-order valence-electron chi connectivity index (χ0n) is 22.0. The maximum Gasteiger partial charge on any atom is 0.0637 e. The lowest BCUT2D eigenvalue weighted by molar-refractivity contribution is 0.900. The Balaban J connectivity index is 1.14. The fourth-order valence-electron chi connectivity index (χ4n) is 6.14. The molecular weight excluding hydrogens is 462 g/mol. The molecule has 0 saturated heterocycles. The lowest BCUT2D eigenvalue weighted by Crippen LogP contribution is -2.09. The minimum Gasteiger partial charge on any atom is -0.342 e. The molecule has 0 N–H and O–H groups in total.